The fraction of sp³-hybridized carbons (Fsp3) is 0.400. The second kappa shape index (κ2) is 8.24. The zero-order chi connectivity index (χ0) is 20.3. The molecule has 8 heteroatoms. The molecule has 0 unspecified atom stereocenters. The maximum atomic E-state index is 12.8. The van der Waals surface area contributed by atoms with Crippen molar-refractivity contribution in [2.45, 2.75) is 31.7 Å². The van der Waals surface area contributed by atoms with Crippen LogP contribution in [-0.4, -0.2) is 40.4 Å². The quantitative estimate of drug-likeness (QED) is 0.814. The summed E-state index contributed by atoms with van der Waals surface area (Å²) in [6.45, 7) is 0. The molecule has 2 aromatic rings. The van der Waals surface area contributed by atoms with E-state index in [-0.39, 0.29) is 35.2 Å². The minimum absolute atomic E-state index is 0.0339. The van der Waals surface area contributed by atoms with Crippen LogP contribution in [0, 0.1) is 5.92 Å². The van der Waals surface area contributed by atoms with E-state index < -0.39 is 5.91 Å². The van der Waals surface area contributed by atoms with Gasteiger partial charge in [-0.1, -0.05) is 18.2 Å². The number of primary amides is 1. The zero-order valence-electron chi connectivity index (χ0n) is 16.1. The highest BCUT2D eigenvalue weighted by Gasteiger charge is 2.30. The summed E-state index contributed by atoms with van der Waals surface area (Å²) in [7, 11) is 3.43. The van der Waals surface area contributed by atoms with E-state index in [0.29, 0.717) is 25.7 Å². The molecule has 8 nitrogen and oxygen atoms in total. The van der Waals surface area contributed by atoms with Crippen LogP contribution in [0.5, 0.6) is 0 Å². The molecule has 0 spiro atoms. The normalized spacial score (nSPS) is 19.1. The minimum atomic E-state index is -0.732. The number of amides is 3. The van der Waals surface area contributed by atoms with Gasteiger partial charge >= 0.3 is 0 Å². The van der Waals surface area contributed by atoms with Gasteiger partial charge in [-0.3, -0.25) is 14.4 Å². The molecule has 1 aliphatic carbocycles. The third-order valence-corrected chi connectivity index (χ3v) is 5.27. The molecule has 0 saturated heterocycles. The van der Waals surface area contributed by atoms with Crippen LogP contribution in [0.25, 0.3) is 0 Å². The summed E-state index contributed by atoms with van der Waals surface area (Å²) in [6.07, 6.45) is 4.21. The number of carbonyl (C=O) groups is 3. The van der Waals surface area contributed by atoms with Crippen LogP contribution in [-0.2, 0) is 11.8 Å². The highest BCUT2D eigenvalue weighted by atomic mass is 16.2. The van der Waals surface area contributed by atoms with Gasteiger partial charge in [-0.05, 0) is 37.8 Å². The van der Waals surface area contributed by atoms with E-state index in [1.54, 1.807) is 19.0 Å². The number of anilines is 1. The first-order valence-corrected chi connectivity index (χ1v) is 9.33. The van der Waals surface area contributed by atoms with E-state index in [9.17, 15) is 14.4 Å². The Balaban J connectivity index is 1.57. The molecular formula is C20H25N5O3. The molecule has 3 rings (SSSR count). The Hall–Kier alpha value is -3.16. The van der Waals surface area contributed by atoms with E-state index in [1.165, 1.54) is 10.9 Å². The van der Waals surface area contributed by atoms with Crippen LogP contribution in [0.15, 0.2) is 36.7 Å². The number of nitrogens with two attached hydrogens (primary N) is 1. The number of hydrogen-bond acceptors (Lipinski definition) is 4. The van der Waals surface area contributed by atoms with E-state index in [4.69, 9.17) is 5.73 Å². The first-order valence-electron chi connectivity index (χ1n) is 9.33. The van der Waals surface area contributed by atoms with E-state index in [2.05, 4.69) is 10.3 Å². The molecule has 1 aromatic heterocycles. The molecule has 3 amide bonds. The molecule has 148 valence electrons. The summed E-state index contributed by atoms with van der Waals surface area (Å²) >= 11 is 0. The lowest BCUT2D eigenvalue weighted by Gasteiger charge is -2.31. The largest absolute Gasteiger partial charge is 0.364 e. The van der Waals surface area contributed by atoms with Crippen molar-refractivity contribution in [3.8, 4) is 0 Å². The molecule has 0 atom stereocenters. The highest BCUT2D eigenvalue weighted by molar-refractivity contribution is 6.04. The molecule has 28 heavy (non-hydrogen) atoms. The number of imidazole rings is 1. The lowest BCUT2D eigenvalue weighted by atomic mass is 9.85. The highest BCUT2D eigenvalue weighted by Crippen LogP contribution is 2.27. The number of nitrogens with zero attached hydrogens (tertiary/aromatic N) is 3. The van der Waals surface area contributed by atoms with Gasteiger partial charge in [-0.25, -0.2) is 4.98 Å². The Morgan fingerprint density at radius 1 is 1.14 bits per heavy atom. The Morgan fingerprint density at radius 3 is 2.39 bits per heavy atom. The summed E-state index contributed by atoms with van der Waals surface area (Å²) in [4.78, 5) is 42.4. The lowest BCUT2D eigenvalue weighted by Crippen LogP contribution is -2.42. The molecule has 0 bridgehead atoms. The number of aryl methyl sites for hydroxylation is 1. The molecule has 3 N–H and O–H groups in total. The van der Waals surface area contributed by atoms with E-state index >= 15 is 0 Å². The van der Waals surface area contributed by atoms with Gasteiger partial charge in [0.2, 0.25) is 5.91 Å². The molecule has 1 aromatic carbocycles. The maximum Gasteiger partial charge on any atom is 0.270 e. The Morgan fingerprint density at radius 2 is 1.79 bits per heavy atom. The van der Waals surface area contributed by atoms with E-state index in [0.717, 1.165) is 5.69 Å². The predicted molar refractivity (Wildman–Crippen MR) is 105 cm³/mol. The van der Waals surface area contributed by atoms with Crippen LogP contribution < -0.4 is 16.0 Å². The SMILES string of the molecule is CN(C(=O)C1CCC(NC(=O)c2c(C(N)=O)ncn2C)CC1)c1ccccc1. The molecule has 1 saturated carbocycles. The van der Waals surface area contributed by atoms with Crippen molar-refractivity contribution in [2.75, 3.05) is 11.9 Å². The molecule has 1 aliphatic rings. The molecule has 0 aliphatic heterocycles. The van der Waals surface area contributed by atoms with Gasteiger partial charge < -0.3 is 20.5 Å². The van der Waals surface area contributed by atoms with Crippen LogP contribution in [0.4, 0.5) is 5.69 Å². The fourth-order valence-corrected chi connectivity index (χ4v) is 3.67. The van der Waals surface area contributed by atoms with Gasteiger partial charge in [0.05, 0.1) is 6.33 Å². The maximum absolute atomic E-state index is 12.8. The number of hydrogen-bond donors (Lipinski definition) is 2. The van der Waals surface area contributed by atoms with Crippen molar-refractivity contribution in [2.24, 2.45) is 18.7 Å². The van der Waals surface area contributed by atoms with Crippen molar-refractivity contribution < 1.29 is 14.4 Å². The van der Waals surface area contributed by atoms with Crippen molar-refractivity contribution >= 4 is 23.4 Å². The summed E-state index contributed by atoms with van der Waals surface area (Å²) < 4.78 is 1.49. The summed E-state index contributed by atoms with van der Waals surface area (Å²) in [6, 6.07) is 9.51. The topological polar surface area (TPSA) is 110 Å². The van der Waals surface area contributed by atoms with Gasteiger partial charge in [0.1, 0.15) is 5.69 Å². The average molecular weight is 383 g/mol. The monoisotopic (exact) mass is 383 g/mol. The van der Waals surface area contributed by atoms with E-state index in [1.807, 2.05) is 30.3 Å². The average Bonchev–Trinajstić information content (AvgIpc) is 3.10. The fourth-order valence-electron chi connectivity index (χ4n) is 3.67. The molecular weight excluding hydrogens is 358 g/mol. The van der Waals surface area contributed by atoms with Crippen molar-refractivity contribution in [3.63, 3.8) is 0 Å². The van der Waals surface area contributed by atoms with Crippen molar-refractivity contribution in [3.05, 3.63) is 48.0 Å². The molecule has 1 fully saturated rings. The number of para-hydroxylation sites is 1. The Labute approximate surface area is 163 Å². The standard InChI is InChI=1S/C20H25N5O3/c1-24-12-22-16(18(21)26)17(24)19(27)23-14-10-8-13(9-11-14)20(28)25(2)15-6-4-3-5-7-15/h3-7,12-14H,8-11H2,1-2H3,(H2,21,26)(H,23,27). The lowest BCUT2D eigenvalue weighted by molar-refractivity contribution is -0.123. The molecule has 1 heterocycles. The first kappa shape index (κ1) is 19.6. The molecule has 0 radical (unpaired) electrons. The van der Waals surface area contributed by atoms with Gasteiger partial charge in [0.25, 0.3) is 11.8 Å². The number of benzene rings is 1. The second-order valence-corrected chi connectivity index (χ2v) is 7.17. The van der Waals surface area contributed by atoms with Crippen LogP contribution in [0.2, 0.25) is 0 Å². The summed E-state index contributed by atoms with van der Waals surface area (Å²) in [5, 5.41) is 2.95. The van der Waals surface area contributed by atoms with Crippen LogP contribution in [0.1, 0.15) is 46.7 Å². The summed E-state index contributed by atoms with van der Waals surface area (Å²) in [5.41, 5.74) is 6.29. The summed E-state index contributed by atoms with van der Waals surface area (Å²) in [5.74, 6) is -1.07. The number of carbonyl (C=O) groups excluding carboxylic acids is 3. The number of aromatic nitrogens is 2. The zero-order valence-corrected chi connectivity index (χ0v) is 16.1. The predicted octanol–water partition coefficient (Wildman–Crippen LogP) is 1.47. The van der Waals surface area contributed by atoms with Crippen molar-refractivity contribution in [1.82, 2.24) is 14.9 Å². The van der Waals surface area contributed by atoms with Gasteiger partial charge in [0, 0.05) is 31.7 Å². The van der Waals surface area contributed by atoms with Gasteiger partial charge in [-0.2, -0.15) is 0 Å². The smallest absolute Gasteiger partial charge is 0.270 e. The number of rotatable bonds is 5. The van der Waals surface area contributed by atoms with Crippen LogP contribution in [0.3, 0.4) is 0 Å². The van der Waals surface area contributed by atoms with Gasteiger partial charge in [-0.15, -0.1) is 0 Å². The van der Waals surface area contributed by atoms with Gasteiger partial charge in [0.15, 0.2) is 5.69 Å². The second-order valence-electron chi connectivity index (χ2n) is 7.17. The minimum Gasteiger partial charge on any atom is -0.364 e. The number of nitrogens with one attached hydrogen (secondary N) is 1. The van der Waals surface area contributed by atoms with Crippen molar-refractivity contribution in [1.29, 1.82) is 0 Å². The first-order chi connectivity index (χ1) is 13.4. The Bertz CT molecular complexity index is 869. The third-order valence-electron chi connectivity index (χ3n) is 5.27. The third kappa shape index (κ3) is 4.05. The van der Waals surface area contributed by atoms with Crippen LogP contribution >= 0.6 is 0 Å². The Kier molecular flexibility index (Phi) is 5.77.